The molecule has 0 atom stereocenters. The molecule has 0 bridgehead atoms. The van der Waals surface area contributed by atoms with Crippen molar-refractivity contribution in [3.63, 3.8) is 0 Å². The maximum Gasteiger partial charge on any atom is 0.357 e. The highest BCUT2D eigenvalue weighted by Gasteiger charge is 2.30. The van der Waals surface area contributed by atoms with Crippen molar-refractivity contribution in [2.24, 2.45) is 11.1 Å². The van der Waals surface area contributed by atoms with Gasteiger partial charge in [-0.25, -0.2) is 36.8 Å². The monoisotopic (exact) mass is 592 g/mol. The Bertz CT molecular complexity index is 1680. The summed E-state index contributed by atoms with van der Waals surface area (Å²) < 4.78 is 58.8. The van der Waals surface area contributed by atoms with Crippen LogP contribution in [0.2, 0.25) is 5.02 Å². The number of esters is 1. The number of thiazole rings is 1. The number of primary sulfonamides is 1. The molecule has 1 fully saturated rings. The molecule has 1 saturated carbocycles. The number of hydrogen-bond donors (Lipinski definition) is 1. The first kappa shape index (κ1) is 27.4. The van der Waals surface area contributed by atoms with E-state index in [1.54, 1.807) is 23.1 Å². The first-order valence-corrected chi connectivity index (χ1v) is 14.9. The second-order valence-corrected chi connectivity index (χ2v) is 12.0. The second kappa shape index (κ2) is 10.8. The highest BCUT2D eigenvalue weighted by atomic mass is 35.5. The van der Waals surface area contributed by atoms with Gasteiger partial charge in [-0.05, 0) is 68.0 Å². The summed E-state index contributed by atoms with van der Waals surface area (Å²) in [6, 6.07) is 8.00. The van der Waals surface area contributed by atoms with Crippen LogP contribution in [-0.4, -0.2) is 35.8 Å². The summed E-state index contributed by atoms with van der Waals surface area (Å²) >= 11 is 7.31. The standard InChI is InChI=1S/C26H23ClF2N4O4S2/c1-2-37-25(34)21-13-38-26(31-21)33-22(11-14-3-4-14)17(24(32-33)16-6-7-19(28)18(27)12-16)9-15-5-8-23(20(29)10-15)39(30,35)36/h5-8,10,12-14H,2-4,9,11H2,1H3,(H2,30,35,36). The van der Waals surface area contributed by atoms with E-state index in [1.807, 2.05) is 0 Å². The number of ether oxygens (including phenoxy) is 1. The molecule has 2 aromatic heterocycles. The van der Waals surface area contributed by atoms with Crippen LogP contribution in [0.15, 0.2) is 46.7 Å². The van der Waals surface area contributed by atoms with Crippen LogP contribution in [0.3, 0.4) is 0 Å². The Morgan fingerprint density at radius 2 is 1.97 bits per heavy atom. The van der Waals surface area contributed by atoms with E-state index in [0.29, 0.717) is 34.3 Å². The Balaban J connectivity index is 1.66. The molecule has 204 valence electrons. The first-order valence-electron chi connectivity index (χ1n) is 12.1. The number of carbonyl (C=O) groups excluding carboxylic acids is 1. The minimum atomic E-state index is -4.23. The summed E-state index contributed by atoms with van der Waals surface area (Å²) in [5.41, 5.74) is 3.18. The van der Waals surface area contributed by atoms with E-state index < -0.39 is 32.5 Å². The Morgan fingerprint density at radius 1 is 1.21 bits per heavy atom. The summed E-state index contributed by atoms with van der Waals surface area (Å²) in [4.78, 5) is 16.1. The molecule has 0 spiro atoms. The molecule has 1 aliphatic carbocycles. The Morgan fingerprint density at radius 3 is 2.62 bits per heavy atom. The van der Waals surface area contributed by atoms with E-state index in [1.165, 1.54) is 29.5 Å². The Kier molecular flexibility index (Phi) is 7.55. The van der Waals surface area contributed by atoms with E-state index in [0.717, 1.165) is 36.2 Å². The molecule has 0 unspecified atom stereocenters. The van der Waals surface area contributed by atoms with E-state index in [9.17, 15) is 22.0 Å². The van der Waals surface area contributed by atoms with Crippen LogP contribution >= 0.6 is 22.9 Å². The van der Waals surface area contributed by atoms with Crippen LogP contribution in [-0.2, 0) is 27.6 Å². The van der Waals surface area contributed by atoms with Gasteiger partial charge < -0.3 is 4.74 Å². The van der Waals surface area contributed by atoms with Crippen LogP contribution in [0.25, 0.3) is 16.4 Å². The fraction of sp³-hybridized carbons (Fsp3) is 0.269. The summed E-state index contributed by atoms with van der Waals surface area (Å²) in [6.45, 7) is 1.91. The lowest BCUT2D eigenvalue weighted by molar-refractivity contribution is 0.0520. The van der Waals surface area contributed by atoms with Gasteiger partial charge in [0.1, 0.15) is 16.5 Å². The molecule has 5 rings (SSSR count). The molecule has 0 radical (unpaired) electrons. The van der Waals surface area contributed by atoms with Gasteiger partial charge in [0.15, 0.2) is 5.69 Å². The van der Waals surface area contributed by atoms with Gasteiger partial charge in [0.05, 0.1) is 23.0 Å². The lowest BCUT2D eigenvalue weighted by atomic mass is 9.97. The fourth-order valence-corrected chi connectivity index (χ4v) is 5.80. The van der Waals surface area contributed by atoms with Crippen molar-refractivity contribution in [1.82, 2.24) is 14.8 Å². The third-order valence-corrected chi connectivity index (χ3v) is 8.35. The molecule has 0 amide bonds. The first-order chi connectivity index (χ1) is 18.5. The lowest BCUT2D eigenvalue weighted by Crippen LogP contribution is -2.14. The van der Waals surface area contributed by atoms with Gasteiger partial charge in [0.25, 0.3) is 0 Å². The molecule has 4 aromatic rings. The average Bonchev–Trinajstić information content (AvgIpc) is 3.43. The maximum absolute atomic E-state index is 14.7. The third kappa shape index (κ3) is 5.88. The molecule has 0 saturated heterocycles. The number of halogens is 3. The van der Waals surface area contributed by atoms with Crippen LogP contribution in [0.4, 0.5) is 8.78 Å². The molecule has 0 aliphatic heterocycles. The van der Waals surface area contributed by atoms with Crippen molar-refractivity contribution < 1.29 is 26.7 Å². The topological polar surface area (TPSA) is 117 Å². The largest absolute Gasteiger partial charge is 0.461 e. The molecule has 2 N–H and O–H groups in total. The normalized spacial score (nSPS) is 13.6. The SMILES string of the molecule is CCOC(=O)c1csc(-n2nc(-c3ccc(F)c(Cl)c3)c(Cc3ccc(S(N)(=O)=O)c(F)c3)c2CC2CC2)n1. The summed E-state index contributed by atoms with van der Waals surface area (Å²) in [5, 5.41) is 11.9. The van der Waals surface area contributed by atoms with Crippen molar-refractivity contribution in [1.29, 1.82) is 0 Å². The highest BCUT2D eigenvalue weighted by molar-refractivity contribution is 7.89. The van der Waals surface area contributed by atoms with Crippen molar-refractivity contribution in [3.05, 3.63) is 81.0 Å². The van der Waals surface area contributed by atoms with Crippen molar-refractivity contribution >= 4 is 38.9 Å². The van der Waals surface area contributed by atoms with Crippen LogP contribution in [0.5, 0.6) is 0 Å². The van der Waals surface area contributed by atoms with E-state index in [4.69, 9.17) is 26.6 Å². The van der Waals surface area contributed by atoms with E-state index >= 15 is 0 Å². The second-order valence-electron chi connectivity index (χ2n) is 9.18. The van der Waals surface area contributed by atoms with Crippen LogP contribution in [0.1, 0.15) is 47.1 Å². The predicted molar refractivity (Wildman–Crippen MR) is 143 cm³/mol. The van der Waals surface area contributed by atoms with Gasteiger partial charge in [-0.1, -0.05) is 17.7 Å². The highest BCUT2D eigenvalue weighted by Crippen LogP contribution is 2.38. The zero-order valence-electron chi connectivity index (χ0n) is 20.7. The van der Waals surface area contributed by atoms with Crippen LogP contribution in [0, 0.1) is 17.6 Å². The zero-order chi connectivity index (χ0) is 27.9. The summed E-state index contributed by atoms with van der Waals surface area (Å²) in [7, 11) is -4.23. The molecule has 2 aromatic carbocycles. The fourth-order valence-electron chi connectivity index (χ4n) is 4.26. The Hall–Kier alpha value is -3.19. The van der Waals surface area contributed by atoms with Crippen LogP contribution < -0.4 is 5.14 Å². The maximum atomic E-state index is 14.7. The van der Waals surface area contributed by atoms with Crippen molar-refractivity contribution in [3.8, 4) is 16.4 Å². The van der Waals surface area contributed by atoms with Gasteiger partial charge in [-0.3, -0.25) is 0 Å². The smallest absolute Gasteiger partial charge is 0.357 e. The van der Waals surface area contributed by atoms with Gasteiger partial charge in [0.2, 0.25) is 15.2 Å². The number of nitrogens with zero attached hydrogens (tertiary/aromatic N) is 3. The summed E-state index contributed by atoms with van der Waals surface area (Å²) in [6.07, 6.45) is 2.89. The molecule has 8 nitrogen and oxygen atoms in total. The van der Waals surface area contributed by atoms with Crippen molar-refractivity contribution in [2.75, 3.05) is 6.61 Å². The number of benzene rings is 2. The summed E-state index contributed by atoms with van der Waals surface area (Å²) in [5.74, 6) is -1.68. The van der Waals surface area contributed by atoms with Gasteiger partial charge in [0, 0.05) is 22.9 Å². The zero-order valence-corrected chi connectivity index (χ0v) is 23.0. The number of sulfonamides is 1. The van der Waals surface area contributed by atoms with E-state index in [2.05, 4.69) is 4.98 Å². The molecule has 13 heteroatoms. The number of rotatable bonds is 9. The van der Waals surface area contributed by atoms with Gasteiger partial charge in [-0.15, -0.1) is 11.3 Å². The minimum absolute atomic E-state index is 0.0841. The minimum Gasteiger partial charge on any atom is -0.461 e. The Labute approximate surface area is 232 Å². The van der Waals surface area contributed by atoms with E-state index in [-0.39, 0.29) is 23.7 Å². The molecule has 1 aliphatic rings. The number of aromatic nitrogens is 3. The average molecular weight is 593 g/mol. The quantitative estimate of drug-likeness (QED) is 0.264. The lowest BCUT2D eigenvalue weighted by Gasteiger charge is -2.10. The molecule has 39 heavy (non-hydrogen) atoms. The molecular formula is C26H23ClF2N4O4S2. The van der Waals surface area contributed by atoms with Crippen molar-refractivity contribution in [2.45, 2.75) is 37.5 Å². The molecular weight excluding hydrogens is 570 g/mol. The number of carbonyl (C=O) groups is 1. The van der Waals surface area contributed by atoms with Gasteiger partial charge in [-0.2, -0.15) is 5.10 Å². The third-order valence-electron chi connectivity index (χ3n) is 6.30. The predicted octanol–water partition coefficient (Wildman–Crippen LogP) is 5.29. The number of hydrogen-bond acceptors (Lipinski definition) is 7. The molecule has 2 heterocycles. The van der Waals surface area contributed by atoms with Gasteiger partial charge >= 0.3 is 5.97 Å². The number of nitrogens with two attached hydrogens (primary N) is 1.